The molecule has 1 aromatic carbocycles. The minimum atomic E-state index is 0.184. The van der Waals surface area contributed by atoms with Crippen molar-refractivity contribution < 1.29 is 5.21 Å². The lowest BCUT2D eigenvalue weighted by atomic mass is 10.1. The van der Waals surface area contributed by atoms with Crippen molar-refractivity contribution >= 4 is 17.2 Å². The maximum atomic E-state index is 8.63. The summed E-state index contributed by atoms with van der Waals surface area (Å²) in [5, 5.41) is 15.1. The molecule has 0 saturated carbocycles. The third-order valence-electron chi connectivity index (χ3n) is 3.79. The summed E-state index contributed by atoms with van der Waals surface area (Å²) in [7, 11) is 0. The van der Waals surface area contributed by atoms with Gasteiger partial charge in [0.15, 0.2) is 0 Å². The Morgan fingerprint density at radius 2 is 2.00 bits per heavy atom. The Balaban J connectivity index is 1.95. The first kappa shape index (κ1) is 14.5. The van der Waals surface area contributed by atoms with E-state index in [-0.39, 0.29) is 11.9 Å². The molecule has 1 aromatic rings. The second-order valence-corrected chi connectivity index (χ2v) is 5.29. The zero-order chi connectivity index (χ0) is 14.4. The molecular formula is C15H24N4O. The van der Waals surface area contributed by atoms with Gasteiger partial charge in [-0.05, 0) is 43.5 Å². The van der Waals surface area contributed by atoms with Crippen LogP contribution in [0.4, 0.5) is 11.4 Å². The van der Waals surface area contributed by atoms with E-state index in [9.17, 15) is 0 Å². The van der Waals surface area contributed by atoms with Gasteiger partial charge in [-0.2, -0.15) is 0 Å². The number of rotatable bonds is 6. The van der Waals surface area contributed by atoms with Gasteiger partial charge in [0, 0.05) is 36.9 Å². The molecule has 1 aliphatic heterocycles. The van der Waals surface area contributed by atoms with Gasteiger partial charge in [-0.3, -0.25) is 0 Å². The number of anilines is 2. The predicted octanol–water partition coefficient (Wildman–Crippen LogP) is 2.61. The summed E-state index contributed by atoms with van der Waals surface area (Å²) >= 11 is 0. The Morgan fingerprint density at radius 1 is 1.35 bits per heavy atom. The van der Waals surface area contributed by atoms with Gasteiger partial charge in [0.05, 0.1) is 0 Å². The van der Waals surface area contributed by atoms with E-state index in [0.717, 1.165) is 25.2 Å². The average molecular weight is 276 g/mol. The van der Waals surface area contributed by atoms with Crippen LogP contribution in [0.1, 0.15) is 32.6 Å². The van der Waals surface area contributed by atoms with Crippen molar-refractivity contribution in [3.8, 4) is 0 Å². The first-order valence-electron chi connectivity index (χ1n) is 7.31. The van der Waals surface area contributed by atoms with Crippen LogP contribution in [-0.2, 0) is 0 Å². The zero-order valence-electron chi connectivity index (χ0n) is 12.0. The summed E-state index contributed by atoms with van der Waals surface area (Å²) in [6.07, 6.45) is 4.04. The van der Waals surface area contributed by atoms with Crippen LogP contribution in [0.3, 0.4) is 0 Å². The van der Waals surface area contributed by atoms with E-state index in [4.69, 9.17) is 10.9 Å². The van der Waals surface area contributed by atoms with Gasteiger partial charge < -0.3 is 21.2 Å². The van der Waals surface area contributed by atoms with Crippen molar-refractivity contribution in [2.24, 2.45) is 10.9 Å². The van der Waals surface area contributed by atoms with Gasteiger partial charge in [0.25, 0.3) is 0 Å². The van der Waals surface area contributed by atoms with Gasteiger partial charge in [-0.25, -0.2) is 0 Å². The maximum Gasteiger partial charge on any atom is 0.141 e. The standard InChI is InChI=1S/C15H24N4O/c1-2-12(11-15(16)18-20)17-13-5-7-14(8-6-13)19-9-3-4-10-19/h5-8,12,17,20H,2-4,9-11H2,1H3,(H2,16,18). The van der Waals surface area contributed by atoms with E-state index in [0.29, 0.717) is 6.42 Å². The molecule has 0 amide bonds. The molecule has 1 unspecified atom stereocenters. The third kappa shape index (κ3) is 3.79. The molecule has 20 heavy (non-hydrogen) atoms. The highest BCUT2D eigenvalue weighted by molar-refractivity contribution is 5.80. The molecule has 0 spiro atoms. The average Bonchev–Trinajstić information content (AvgIpc) is 3.01. The number of oxime groups is 1. The van der Waals surface area contributed by atoms with Crippen molar-refractivity contribution in [1.29, 1.82) is 0 Å². The second kappa shape index (κ2) is 7.03. The quantitative estimate of drug-likeness (QED) is 0.323. The van der Waals surface area contributed by atoms with Crippen molar-refractivity contribution in [2.75, 3.05) is 23.3 Å². The molecule has 5 heteroatoms. The number of amidine groups is 1. The maximum absolute atomic E-state index is 8.63. The molecule has 1 saturated heterocycles. The topological polar surface area (TPSA) is 73.9 Å². The van der Waals surface area contributed by atoms with Crippen LogP contribution in [0.15, 0.2) is 29.4 Å². The Kier molecular flexibility index (Phi) is 5.09. The number of nitrogens with zero attached hydrogens (tertiary/aromatic N) is 2. The molecule has 2 rings (SSSR count). The van der Waals surface area contributed by atoms with E-state index in [2.05, 4.69) is 46.6 Å². The number of nitrogens with two attached hydrogens (primary N) is 1. The van der Waals surface area contributed by atoms with Crippen LogP contribution >= 0.6 is 0 Å². The first-order chi connectivity index (χ1) is 9.72. The molecule has 1 atom stereocenters. The minimum absolute atomic E-state index is 0.184. The fourth-order valence-electron chi connectivity index (χ4n) is 2.57. The highest BCUT2D eigenvalue weighted by Crippen LogP contribution is 2.22. The lowest BCUT2D eigenvalue weighted by Crippen LogP contribution is -2.26. The van der Waals surface area contributed by atoms with Crippen LogP contribution in [0, 0.1) is 0 Å². The van der Waals surface area contributed by atoms with Crippen LogP contribution in [-0.4, -0.2) is 30.2 Å². The first-order valence-corrected chi connectivity index (χ1v) is 7.31. The molecule has 1 fully saturated rings. The molecule has 0 aromatic heterocycles. The van der Waals surface area contributed by atoms with Crippen molar-refractivity contribution in [1.82, 2.24) is 0 Å². The zero-order valence-corrected chi connectivity index (χ0v) is 12.0. The van der Waals surface area contributed by atoms with E-state index in [1.165, 1.54) is 18.5 Å². The molecular weight excluding hydrogens is 252 g/mol. The smallest absolute Gasteiger partial charge is 0.141 e. The van der Waals surface area contributed by atoms with Gasteiger partial charge in [0.1, 0.15) is 5.84 Å². The summed E-state index contributed by atoms with van der Waals surface area (Å²) in [6.45, 7) is 4.41. The van der Waals surface area contributed by atoms with Crippen LogP contribution in [0.2, 0.25) is 0 Å². The van der Waals surface area contributed by atoms with Crippen LogP contribution in [0.5, 0.6) is 0 Å². The minimum Gasteiger partial charge on any atom is -0.409 e. The second-order valence-electron chi connectivity index (χ2n) is 5.29. The van der Waals surface area contributed by atoms with Crippen LogP contribution < -0.4 is 16.0 Å². The number of nitrogens with one attached hydrogen (secondary N) is 1. The Hall–Kier alpha value is -1.91. The predicted molar refractivity (Wildman–Crippen MR) is 83.6 cm³/mol. The highest BCUT2D eigenvalue weighted by atomic mass is 16.4. The largest absolute Gasteiger partial charge is 0.409 e. The van der Waals surface area contributed by atoms with Crippen molar-refractivity contribution in [2.45, 2.75) is 38.6 Å². The van der Waals surface area contributed by atoms with Gasteiger partial charge in [-0.15, -0.1) is 0 Å². The molecule has 1 aliphatic rings. The van der Waals surface area contributed by atoms with E-state index in [1.807, 2.05) is 0 Å². The van der Waals surface area contributed by atoms with E-state index in [1.54, 1.807) is 0 Å². The summed E-state index contributed by atoms with van der Waals surface area (Å²) in [6, 6.07) is 8.70. The molecule has 110 valence electrons. The van der Waals surface area contributed by atoms with Gasteiger partial charge in [0.2, 0.25) is 0 Å². The SMILES string of the molecule is CCC(CC(N)=NO)Nc1ccc(N2CCCC2)cc1. The molecule has 1 heterocycles. The van der Waals surface area contributed by atoms with E-state index < -0.39 is 0 Å². The number of benzene rings is 1. The highest BCUT2D eigenvalue weighted by Gasteiger charge is 2.12. The molecule has 5 nitrogen and oxygen atoms in total. The lowest BCUT2D eigenvalue weighted by Gasteiger charge is -2.20. The Bertz CT molecular complexity index is 438. The normalized spacial score (nSPS) is 17.2. The summed E-state index contributed by atoms with van der Waals surface area (Å²) < 4.78 is 0. The summed E-state index contributed by atoms with van der Waals surface area (Å²) in [5.74, 6) is 0.262. The van der Waals surface area contributed by atoms with Crippen LogP contribution in [0.25, 0.3) is 0 Å². The molecule has 0 bridgehead atoms. The Morgan fingerprint density at radius 3 is 2.55 bits per heavy atom. The third-order valence-corrected chi connectivity index (χ3v) is 3.79. The molecule has 0 aliphatic carbocycles. The summed E-state index contributed by atoms with van der Waals surface area (Å²) in [5.41, 5.74) is 7.93. The Labute approximate surface area is 120 Å². The number of hydrogen-bond acceptors (Lipinski definition) is 4. The number of hydrogen-bond donors (Lipinski definition) is 3. The van der Waals surface area contributed by atoms with Crippen molar-refractivity contribution in [3.05, 3.63) is 24.3 Å². The fourth-order valence-corrected chi connectivity index (χ4v) is 2.57. The van der Waals surface area contributed by atoms with Gasteiger partial charge >= 0.3 is 0 Å². The van der Waals surface area contributed by atoms with Crippen molar-refractivity contribution in [3.63, 3.8) is 0 Å². The summed E-state index contributed by atoms with van der Waals surface area (Å²) in [4.78, 5) is 2.41. The molecule has 4 N–H and O–H groups in total. The van der Waals surface area contributed by atoms with E-state index >= 15 is 0 Å². The molecule has 0 radical (unpaired) electrons. The monoisotopic (exact) mass is 276 g/mol. The van der Waals surface area contributed by atoms with Gasteiger partial charge in [-0.1, -0.05) is 12.1 Å². The lowest BCUT2D eigenvalue weighted by molar-refractivity contribution is 0.316. The fraction of sp³-hybridized carbons (Fsp3) is 0.533.